The van der Waals surface area contributed by atoms with Gasteiger partial charge < -0.3 is 9.67 Å². The fourth-order valence-electron chi connectivity index (χ4n) is 9.66. The fraction of sp³-hybridized carbons (Fsp3) is 0.758. The van der Waals surface area contributed by atoms with Gasteiger partial charge in [-0.3, -0.25) is 19.5 Å². The number of hydrogen-bond acceptors (Lipinski definition) is 5. The molecule has 4 heterocycles. The van der Waals surface area contributed by atoms with Crippen molar-refractivity contribution in [3.05, 3.63) is 30.1 Å². The van der Waals surface area contributed by atoms with Gasteiger partial charge in [-0.15, -0.1) is 0 Å². The van der Waals surface area contributed by atoms with E-state index in [1.54, 1.807) is 0 Å². The Balaban J connectivity index is 1.13. The SMILES string of the molecule is C[C@@H]1CC[C@@H]2C[C@H]1C[C@@H](N1[C@H]3CC[C@@H](C)[C@@H]1C[C@H](n1c(CN4CCN(CC(=O)O)CC4)nc4ccccc41)C3)C2. The van der Waals surface area contributed by atoms with Crippen LogP contribution in [-0.4, -0.2) is 86.2 Å². The van der Waals surface area contributed by atoms with Crippen LogP contribution in [0.5, 0.6) is 0 Å². The lowest BCUT2D eigenvalue weighted by atomic mass is 9.64. The number of aliphatic carboxylic acids is 1. The first-order valence-corrected chi connectivity index (χ1v) is 16.3. The molecule has 2 saturated carbocycles. The van der Waals surface area contributed by atoms with Gasteiger partial charge >= 0.3 is 5.97 Å². The number of para-hydroxylation sites is 2. The maximum absolute atomic E-state index is 11.2. The lowest BCUT2D eigenvalue weighted by molar-refractivity contribution is -0.138. The predicted octanol–water partition coefficient (Wildman–Crippen LogP) is 5.26. The maximum atomic E-state index is 11.2. The van der Waals surface area contributed by atoms with Crippen molar-refractivity contribution in [2.45, 2.75) is 102 Å². The van der Waals surface area contributed by atoms with Crippen LogP contribution in [0.25, 0.3) is 11.0 Å². The summed E-state index contributed by atoms with van der Waals surface area (Å²) in [6.07, 6.45) is 12.5. The van der Waals surface area contributed by atoms with Crippen LogP contribution in [0.1, 0.15) is 83.5 Å². The minimum atomic E-state index is -0.729. The molecule has 0 radical (unpaired) electrons. The Morgan fingerprint density at radius 2 is 1.62 bits per heavy atom. The highest BCUT2D eigenvalue weighted by Crippen LogP contribution is 2.50. The molecular weight excluding hydrogens is 498 g/mol. The van der Waals surface area contributed by atoms with E-state index in [2.05, 4.69) is 57.4 Å². The number of piperazine rings is 1. The second-order valence-electron chi connectivity index (χ2n) is 14.2. The fourth-order valence-corrected chi connectivity index (χ4v) is 9.66. The van der Waals surface area contributed by atoms with Crippen LogP contribution in [0, 0.1) is 23.7 Å². The molecule has 3 saturated heterocycles. The molecule has 1 aromatic heterocycles. The van der Waals surface area contributed by atoms with Gasteiger partial charge in [0.1, 0.15) is 5.82 Å². The van der Waals surface area contributed by atoms with Gasteiger partial charge in [-0.1, -0.05) is 38.8 Å². The van der Waals surface area contributed by atoms with Crippen LogP contribution in [0.2, 0.25) is 0 Å². The Hall–Kier alpha value is -1.96. The Bertz CT molecular complexity index is 1200. The molecule has 5 fully saturated rings. The van der Waals surface area contributed by atoms with E-state index in [0.29, 0.717) is 18.1 Å². The van der Waals surface area contributed by atoms with Crippen LogP contribution in [0.4, 0.5) is 0 Å². The largest absolute Gasteiger partial charge is 0.480 e. The molecule has 0 spiro atoms. The molecule has 7 heteroatoms. The zero-order valence-corrected chi connectivity index (χ0v) is 24.6. The van der Waals surface area contributed by atoms with Gasteiger partial charge in [0.25, 0.3) is 0 Å². The van der Waals surface area contributed by atoms with Crippen LogP contribution in [0.15, 0.2) is 24.3 Å². The average Bonchev–Trinajstić information content (AvgIpc) is 3.31. The van der Waals surface area contributed by atoms with Crippen molar-refractivity contribution in [3.8, 4) is 0 Å². The molecule has 7 nitrogen and oxygen atoms in total. The molecule has 1 aromatic carbocycles. The number of carboxylic acids is 1. The van der Waals surface area contributed by atoms with E-state index in [4.69, 9.17) is 4.98 Å². The Labute approximate surface area is 239 Å². The van der Waals surface area contributed by atoms with Crippen LogP contribution in [-0.2, 0) is 11.3 Å². The molecule has 0 unspecified atom stereocenters. The molecule has 2 aromatic rings. The Kier molecular flexibility index (Phi) is 7.42. The van der Waals surface area contributed by atoms with E-state index in [1.165, 1.54) is 69.1 Å². The summed E-state index contributed by atoms with van der Waals surface area (Å²) in [6.45, 7) is 9.49. The normalized spacial score (nSPS) is 37.5. The highest BCUT2D eigenvalue weighted by atomic mass is 16.4. The van der Waals surface area contributed by atoms with Gasteiger partial charge in [0.2, 0.25) is 0 Å². The summed E-state index contributed by atoms with van der Waals surface area (Å²) in [6, 6.07) is 11.5. The predicted molar refractivity (Wildman–Crippen MR) is 158 cm³/mol. The first kappa shape index (κ1) is 26.9. The first-order chi connectivity index (χ1) is 19.4. The topological polar surface area (TPSA) is 64.8 Å². The molecular formula is C33H49N5O2. The third kappa shape index (κ3) is 5.11. The average molecular weight is 548 g/mol. The van der Waals surface area contributed by atoms with Gasteiger partial charge in [-0.25, -0.2) is 4.98 Å². The number of benzene rings is 1. The standard InChI is InChI=1S/C33H49N5O2/c1-22-7-9-24-15-25(22)17-27(16-24)37-26-10-8-23(2)31(37)19-28(18-26)38-30-6-4-3-5-29(30)34-32(38)20-35-11-13-36(14-12-35)21-33(39)40/h3-6,22-28,31H,7-21H2,1-2H3,(H,39,40)/t22-,23-,24-,25+,26+,27+,28-,31+/m1/s1. The van der Waals surface area contributed by atoms with Crippen LogP contribution >= 0.6 is 0 Å². The van der Waals surface area contributed by atoms with E-state index in [0.717, 1.165) is 68.0 Å². The molecule has 4 bridgehead atoms. The molecule has 0 amide bonds. The van der Waals surface area contributed by atoms with Gasteiger partial charge in [-0.2, -0.15) is 0 Å². The number of nitrogens with zero attached hydrogens (tertiary/aromatic N) is 5. The van der Waals surface area contributed by atoms with Crippen molar-refractivity contribution in [2.75, 3.05) is 32.7 Å². The number of imidazole rings is 1. The number of carboxylic acid groups (broad SMARTS) is 1. The number of hydrogen-bond donors (Lipinski definition) is 1. The van der Waals surface area contributed by atoms with E-state index in [-0.39, 0.29) is 6.54 Å². The Morgan fingerprint density at radius 1 is 0.850 bits per heavy atom. The summed E-state index contributed by atoms with van der Waals surface area (Å²) in [5.41, 5.74) is 2.42. The second-order valence-corrected chi connectivity index (χ2v) is 14.2. The van der Waals surface area contributed by atoms with Crippen molar-refractivity contribution in [3.63, 3.8) is 0 Å². The summed E-state index contributed by atoms with van der Waals surface area (Å²) in [5, 5.41) is 9.20. The van der Waals surface area contributed by atoms with Crippen molar-refractivity contribution < 1.29 is 9.90 Å². The second kappa shape index (κ2) is 11.0. The van der Waals surface area contributed by atoms with Crippen molar-refractivity contribution in [2.24, 2.45) is 23.7 Å². The summed E-state index contributed by atoms with van der Waals surface area (Å²) >= 11 is 0. The monoisotopic (exact) mass is 547 g/mol. The smallest absolute Gasteiger partial charge is 0.317 e. The summed E-state index contributed by atoms with van der Waals surface area (Å²) in [7, 11) is 0. The van der Waals surface area contributed by atoms with Gasteiger partial charge in [0.05, 0.1) is 24.1 Å². The first-order valence-electron chi connectivity index (χ1n) is 16.3. The van der Waals surface area contributed by atoms with Crippen LogP contribution < -0.4 is 0 Å². The number of carbonyl (C=O) groups is 1. The quantitative estimate of drug-likeness (QED) is 0.533. The minimum absolute atomic E-state index is 0.146. The minimum Gasteiger partial charge on any atom is -0.480 e. The van der Waals surface area contributed by atoms with Gasteiger partial charge in [0, 0.05) is 50.3 Å². The van der Waals surface area contributed by atoms with E-state index in [1.807, 2.05) is 0 Å². The molecule has 1 N–H and O–H groups in total. The zero-order valence-electron chi connectivity index (χ0n) is 24.6. The van der Waals surface area contributed by atoms with E-state index in [9.17, 15) is 9.90 Å². The maximum Gasteiger partial charge on any atom is 0.317 e. The summed E-state index contributed by atoms with van der Waals surface area (Å²) < 4.78 is 2.64. The van der Waals surface area contributed by atoms with Crippen LogP contribution in [0.3, 0.4) is 0 Å². The van der Waals surface area contributed by atoms with Gasteiger partial charge in [0.15, 0.2) is 0 Å². The molecule has 8 atom stereocenters. The Morgan fingerprint density at radius 3 is 2.45 bits per heavy atom. The highest BCUT2D eigenvalue weighted by Gasteiger charge is 2.48. The third-order valence-electron chi connectivity index (χ3n) is 11.8. The van der Waals surface area contributed by atoms with Gasteiger partial charge in [-0.05, 0) is 80.8 Å². The van der Waals surface area contributed by atoms with Crippen molar-refractivity contribution in [1.29, 1.82) is 0 Å². The highest BCUT2D eigenvalue weighted by molar-refractivity contribution is 5.76. The van der Waals surface area contributed by atoms with E-state index < -0.39 is 5.97 Å². The number of fused-ring (bicyclic) bond motifs is 5. The van der Waals surface area contributed by atoms with Crippen molar-refractivity contribution >= 4 is 17.0 Å². The number of piperidine rings is 2. The molecule has 218 valence electrons. The third-order valence-corrected chi connectivity index (χ3v) is 11.8. The lowest BCUT2D eigenvalue weighted by Gasteiger charge is -2.57. The molecule has 2 aliphatic carbocycles. The van der Waals surface area contributed by atoms with E-state index >= 15 is 0 Å². The molecule has 7 rings (SSSR count). The summed E-state index contributed by atoms with van der Waals surface area (Å²) in [4.78, 5) is 24.0. The lowest BCUT2D eigenvalue weighted by Crippen LogP contribution is -2.61. The number of aromatic nitrogens is 2. The molecule has 40 heavy (non-hydrogen) atoms. The zero-order chi connectivity index (χ0) is 27.4. The number of rotatable bonds is 6. The molecule has 5 aliphatic rings. The van der Waals surface area contributed by atoms with Crippen molar-refractivity contribution in [1.82, 2.24) is 24.3 Å². The summed E-state index contributed by atoms with van der Waals surface area (Å²) in [5.74, 6) is 4.07. The molecule has 3 aliphatic heterocycles.